The maximum atomic E-state index is 10.3. The first-order valence-corrected chi connectivity index (χ1v) is 12.0. The summed E-state index contributed by atoms with van der Waals surface area (Å²) >= 11 is 0. The number of carbonyl (C=O) groups is 1. The van der Waals surface area contributed by atoms with Gasteiger partial charge in [-0.2, -0.15) is 0 Å². The minimum Gasteiger partial charge on any atom is -0.481 e. The van der Waals surface area contributed by atoms with E-state index in [0.29, 0.717) is 6.42 Å². The van der Waals surface area contributed by atoms with E-state index in [1.54, 1.807) is 0 Å². The first-order valence-electron chi connectivity index (χ1n) is 12.0. The topological polar surface area (TPSA) is 37.3 Å². The van der Waals surface area contributed by atoms with Crippen LogP contribution in [0.25, 0.3) is 0 Å². The molecule has 0 aromatic carbocycles. The van der Waals surface area contributed by atoms with Crippen LogP contribution in [0.1, 0.15) is 148 Å². The molecular formula is C24H48EuO2. The van der Waals surface area contributed by atoms with Crippen LogP contribution in [0.15, 0.2) is 0 Å². The molecule has 0 unspecified atom stereocenters. The summed E-state index contributed by atoms with van der Waals surface area (Å²) in [6, 6.07) is 0. The van der Waals surface area contributed by atoms with Gasteiger partial charge in [0.2, 0.25) is 0 Å². The molecule has 0 heterocycles. The fourth-order valence-corrected chi connectivity index (χ4v) is 3.71. The van der Waals surface area contributed by atoms with Crippen LogP contribution < -0.4 is 0 Å². The normalized spacial score (nSPS) is 13.4. The van der Waals surface area contributed by atoms with Gasteiger partial charge >= 0.3 is 5.97 Å². The minimum absolute atomic E-state index is 0. The van der Waals surface area contributed by atoms with Crippen LogP contribution in [-0.4, -0.2) is 11.1 Å². The molecule has 1 aliphatic carbocycles. The molecule has 27 heavy (non-hydrogen) atoms. The summed E-state index contributed by atoms with van der Waals surface area (Å²) in [7, 11) is 0. The van der Waals surface area contributed by atoms with Gasteiger partial charge in [0.05, 0.1) is 0 Å². The Morgan fingerprint density at radius 2 is 0.815 bits per heavy atom. The largest absolute Gasteiger partial charge is 0.481 e. The average Bonchev–Trinajstić information content (AvgIpc) is 2.66. The van der Waals surface area contributed by atoms with Crippen LogP contribution in [0, 0.1) is 49.4 Å². The number of aliphatic carboxylic acids is 1. The SMILES string of the molecule is C1CCCCC1.CCCCCCCCCCCCCCCCCC(=O)O.[Eu]. The van der Waals surface area contributed by atoms with Gasteiger partial charge in [-0.15, -0.1) is 0 Å². The molecule has 1 rings (SSSR count). The number of unbranched alkanes of at least 4 members (excludes halogenated alkanes) is 14. The fourth-order valence-electron chi connectivity index (χ4n) is 3.71. The number of hydrogen-bond acceptors (Lipinski definition) is 1. The second-order valence-electron chi connectivity index (χ2n) is 8.21. The molecule has 0 bridgehead atoms. The van der Waals surface area contributed by atoms with Crippen molar-refractivity contribution in [1.82, 2.24) is 0 Å². The van der Waals surface area contributed by atoms with Crippen molar-refractivity contribution >= 4 is 5.97 Å². The Hall–Kier alpha value is 1.05. The van der Waals surface area contributed by atoms with Crippen molar-refractivity contribution < 1.29 is 59.3 Å². The number of carboxylic acid groups (broad SMARTS) is 1. The smallest absolute Gasteiger partial charge is 0.303 e. The van der Waals surface area contributed by atoms with Crippen molar-refractivity contribution in [3.05, 3.63) is 0 Å². The van der Waals surface area contributed by atoms with Crippen LogP contribution in [0.5, 0.6) is 0 Å². The van der Waals surface area contributed by atoms with Crippen molar-refractivity contribution in [2.45, 2.75) is 148 Å². The van der Waals surface area contributed by atoms with Gasteiger partial charge in [-0.1, -0.05) is 135 Å². The third-order valence-corrected chi connectivity index (χ3v) is 5.49. The molecule has 1 saturated carbocycles. The number of hydrogen-bond donors (Lipinski definition) is 1. The number of rotatable bonds is 16. The van der Waals surface area contributed by atoms with E-state index in [-0.39, 0.29) is 49.4 Å². The summed E-state index contributed by atoms with van der Waals surface area (Å²) in [5.74, 6) is -0.653. The monoisotopic (exact) mass is 521 g/mol. The standard InChI is InChI=1S/C18H36O2.C6H12.Eu/c1-2-3-4-5-6-7-8-9-10-11-12-13-14-15-16-17-18(19)20;1-2-4-6-5-3-1;/h2-17H2,1H3,(H,19,20);1-6H2;. The molecule has 1 fully saturated rings. The van der Waals surface area contributed by atoms with Gasteiger partial charge in [0, 0.05) is 55.8 Å². The molecule has 1 aliphatic rings. The van der Waals surface area contributed by atoms with Crippen LogP contribution in [0.4, 0.5) is 0 Å². The predicted molar refractivity (Wildman–Crippen MR) is 115 cm³/mol. The minimum atomic E-state index is -0.653. The van der Waals surface area contributed by atoms with Crippen LogP contribution in [-0.2, 0) is 4.79 Å². The predicted octanol–water partition coefficient (Wildman–Crippen LogP) is 8.67. The first kappa shape index (κ1) is 30.2. The Kier molecular flexibility index (Phi) is 30.3. The van der Waals surface area contributed by atoms with E-state index in [0.717, 1.165) is 12.8 Å². The van der Waals surface area contributed by atoms with Gasteiger partial charge in [-0.05, 0) is 6.42 Å². The Morgan fingerprint density at radius 1 is 0.556 bits per heavy atom. The summed E-state index contributed by atoms with van der Waals surface area (Å²) < 4.78 is 0. The fraction of sp³-hybridized carbons (Fsp3) is 0.958. The average molecular weight is 521 g/mol. The summed E-state index contributed by atoms with van der Waals surface area (Å²) in [6.45, 7) is 2.27. The van der Waals surface area contributed by atoms with Crippen LogP contribution >= 0.6 is 0 Å². The van der Waals surface area contributed by atoms with Crippen molar-refractivity contribution in [1.29, 1.82) is 0 Å². The Bertz CT molecular complexity index is 266. The second kappa shape index (κ2) is 27.1. The van der Waals surface area contributed by atoms with E-state index >= 15 is 0 Å². The molecule has 3 heteroatoms. The third-order valence-electron chi connectivity index (χ3n) is 5.49. The molecule has 0 atom stereocenters. The molecular weight excluding hydrogens is 472 g/mol. The summed E-state index contributed by atoms with van der Waals surface area (Å²) in [5, 5.41) is 8.52. The first-order chi connectivity index (χ1) is 12.8. The molecule has 0 aromatic heterocycles. The molecule has 0 aliphatic heterocycles. The molecule has 0 amide bonds. The number of carboxylic acids is 1. The Morgan fingerprint density at radius 3 is 1.07 bits per heavy atom. The van der Waals surface area contributed by atoms with E-state index < -0.39 is 5.97 Å². The van der Waals surface area contributed by atoms with E-state index in [2.05, 4.69) is 6.92 Å². The van der Waals surface area contributed by atoms with Gasteiger partial charge < -0.3 is 5.11 Å². The molecule has 163 valence electrons. The molecule has 1 radical (unpaired) electrons. The van der Waals surface area contributed by atoms with Gasteiger partial charge in [-0.25, -0.2) is 0 Å². The zero-order valence-corrected chi connectivity index (χ0v) is 20.7. The van der Waals surface area contributed by atoms with Gasteiger partial charge in [0.15, 0.2) is 0 Å². The van der Waals surface area contributed by atoms with Crippen molar-refractivity contribution in [2.75, 3.05) is 0 Å². The molecule has 1 N–H and O–H groups in total. The molecule has 0 saturated heterocycles. The van der Waals surface area contributed by atoms with Crippen LogP contribution in [0.2, 0.25) is 0 Å². The maximum Gasteiger partial charge on any atom is 0.303 e. The molecule has 2 nitrogen and oxygen atoms in total. The van der Waals surface area contributed by atoms with Crippen LogP contribution in [0.3, 0.4) is 0 Å². The Balaban J connectivity index is 0. The molecule has 0 spiro atoms. The van der Waals surface area contributed by atoms with Gasteiger partial charge in [0.25, 0.3) is 0 Å². The quantitative estimate of drug-likeness (QED) is 0.207. The molecule has 0 aromatic rings. The zero-order chi connectivity index (χ0) is 19.1. The van der Waals surface area contributed by atoms with E-state index in [9.17, 15) is 4.79 Å². The van der Waals surface area contributed by atoms with Gasteiger partial charge in [0.1, 0.15) is 0 Å². The second-order valence-corrected chi connectivity index (χ2v) is 8.21. The van der Waals surface area contributed by atoms with E-state index in [1.807, 2.05) is 0 Å². The van der Waals surface area contributed by atoms with E-state index in [4.69, 9.17) is 5.11 Å². The van der Waals surface area contributed by atoms with E-state index in [1.165, 1.54) is 122 Å². The maximum absolute atomic E-state index is 10.3. The van der Waals surface area contributed by atoms with Gasteiger partial charge in [-0.3, -0.25) is 4.79 Å². The Labute approximate surface area is 211 Å². The van der Waals surface area contributed by atoms with Crippen molar-refractivity contribution in [2.24, 2.45) is 0 Å². The van der Waals surface area contributed by atoms with Crippen molar-refractivity contribution in [3.63, 3.8) is 0 Å². The summed E-state index contributed by atoms with van der Waals surface area (Å²) in [5.41, 5.74) is 0. The summed E-state index contributed by atoms with van der Waals surface area (Å²) in [6.07, 6.45) is 29.2. The van der Waals surface area contributed by atoms with Crippen molar-refractivity contribution in [3.8, 4) is 0 Å². The summed E-state index contributed by atoms with van der Waals surface area (Å²) in [4.78, 5) is 10.3. The zero-order valence-electron chi connectivity index (χ0n) is 18.3. The third kappa shape index (κ3) is 29.4.